The molecule has 2 N–H and O–H groups in total. The first-order valence-electron chi connectivity index (χ1n) is 5.66. The van der Waals surface area contributed by atoms with E-state index in [1.54, 1.807) is 0 Å². The summed E-state index contributed by atoms with van der Waals surface area (Å²) in [5, 5.41) is 2.46. The number of ether oxygens (including phenoxy) is 1. The van der Waals surface area contributed by atoms with Crippen LogP contribution in [0.5, 0.6) is 0 Å². The predicted molar refractivity (Wildman–Crippen MR) is 67.4 cm³/mol. The first-order valence-corrected chi connectivity index (χ1v) is 5.66. The lowest BCUT2D eigenvalue weighted by Gasteiger charge is -2.17. The number of hydrogen-bond acceptors (Lipinski definition) is 2. The fraction of sp³-hybridized carbons (Fsp3) is 0.286. The van der Waals surface area contributed by atoms with Crippen molar-refractivity contribution < 1.29 is 4.74 Å². The lowest BCUT2D eigenvalue weighted by Crippen LogP contribution is -2.16. The van der Waals surface area contributed by atoms with E-state index in [1.807, 2.05) is 19.1 Å². The molecule has 2 aromatic carbocycles. The summed E-state index contributed by atoms with van der Waals surface area (Å²) in [6.07, 6.45) is -0.00361. The number of rotatable bonds is 4. The Balaban J connectivity index is 2.50. The smallest absolute Gasteiger partial charge is 0.0952 e. The van der Waals surface area contributed by atoms with Gasteiger partial charge in [-0.15, -0.1) is 0 Å². The molecule has 1 unspecified atom stereocenters. The highest BCUT2D eigenvalue weighted by Crippen LogP contribution is 2.25. The number of hydrogen-bond donors (Lipinski definition) is 1. The summed E-state index contributed by atoms with van der Waals surface area (Å²) < 4.78 is 5.66. The third kappa shape index (κ3) is 2.08. The first-order chi connectivity index (χ1) is 7.86. The molecule has 0 fully saturated rings. The maximum absolute atomic E-state index is 5.76. The van der Waals surface area contributed by atoms with Crippen molar-refractivity contribution in [3.63, 3.8) is 0 Å². The van der Waals surface area contributed by atoms with E-state index in [1.165, 1.54) is 16.3 Å². The van der Waals surface area contributed by atoms with Crippen LogP contribution in [0, 0.1) is 0 Å². The normalized spacial score (nSPS) is 12.9. The van der Waals surface area contributed by atoms with Crippen molar-refractivity contribution in [1.29, 1.82) is 0 Å². The van der Waals surface area contributed by atoms with Crippen LogP contribution in [0.4, 0.5) is 0 Å². The number of fused-ring (bicyclic) bond motifs is 1. The Kier molecular flexibility index (Phi) is 3.54. The fourth-order valence-electron chi connectivity index (χ4n) is 2.02. The first kappa shape index (κ1) is 11.1. The van der Waals surface area contributed by atoms with Gasteiger partial charge in [-0.1, -0.05) is 42.5 Å². The fourth-order valence-corrected chi connectivity index (χ4v) is 2.02. The molecule has 0 amide bonds. The molecule has 0 aliphatic carbocycles. The number of nitrogens with two attached hydrogens (primary N) is 1. The molecule has 0 aliphatic rings. The second-order valence-corrected chi connectivity index (χ2v) is 3.75. The standard InChI is InChI=1S/C14H17NO/c1-2-16-14(10-15)13-9-5-7-11-6-3-4-8-12(11)13/h3-9,14H,2,10,15H2,1H3. The topological polar surface area (TPSA) is 35.2 Å². The Bertz CT molecular complexity index is 462. The number of benzene rings is 2. The van der Waals surface area contributed by atoms with Crippen molar-refractivity contribution in [3.8, 4) is 0 Å². The summed E-state index contributed by atoms with van der Waals surface area (Å²) in [5.74, 6) is 0. The van der Waals surface area contributed by atoms with E-state index in [4.69, 9.17) is 10.5 Å². The highest BCUT2D eigenvalue weighted by Gasteiger charge is 2.11. The second kappa shape index (κ2) is 5.10. The zero-order valence-corrected chi connectivity index (χ0v) is 9.52. The minimum absolute atomic E-state index is 0.00361. The summed E-state index contributed by atoms with van der Waals surface area (Å²) in [6, 6.07) is 14.6. The third-order valence-electron chi connectivity index (χ3n) is 2.75. The molecule has 2 nitrogen and oxygen atoms in total. The molecule has 0 saturated carbocycles. The minimum atomic E-state index is -0.00361. The third-order valence-corrected chi connectivity index (χ3v) is 2.75. The van der Waals surface area contributed by atoms with Gasteiger partial charge in [-0.05, 0) is 23.3 Å². The van der Waals surface area contributed by atoms with Gasteiger partial charge in [0.25, 0.3) is 0 Å². The van der Waals surface area contributed by atoms with Crippen LogP contribution in [0.3, 0.4) is 0 Å². The predicted octanol–water partition coefficient (Wildman–Crippen LogP) is 2.88. The lowest BCUT2D eigenvalue weighted by molar-refractivity contribution is 0.0699. The summed E-state index contributed by atoms with van der Waals surface area (Å²) in [7, 11) is 0. The summed E-state index contributed by atoms with van der Waals surface area (Å²) in [5.41, 5.74) is 6.94. The molecule has 84 valence electrons. The molecule has 0 aromatic heterocycles. The Labute approximate surface area is 96.0 Å². The van der Waals surface area contributed by atoms with Crippen LogP contribution in [-0.4, -0.2) is 13.2 Å². The van der Waals surface area contributed by atoms with Crippen molar-refractivity contribution in [1.82, 2.24) is 0 Å². The van der Waals surface area contributed by atoms with Gasteiger partial charge in [-0.2, -0.15) is 0 Å². The van der Waals surface area contributed by atoms with Gasteiger partial charge in [0.05, 0.1) is 6.10 Å². The molecule has 0 saturated heterocycles. The van der Waals surface area contributed by atoms with Crippen molar-refractivity contribution in [2.75, 3.05) is 13.2 Å². The van der Waals surface area contributed by atoms with Crippen molar-refractivity contribution >= 4 is 10.8 Å². The quantitative estimate of drug-likeness (QED) is 0.851. The van der Waals surface area contributed by atoms with E-state index < -0.39 is 0 Å². The van der Waals surface area contributed by atoms with Crippen LogP contribution in [0.2, 0.25) is 0 Å². The van der Waals surface area contributed by atoms with Gasteiger partial charge >= 0.3 is 0 Å². The van der Waals surface area contributed by atoms with Crippen LogP contribution in [0.25, 0.3) is 10.8 Å². The molecule has 0 bridgehead atoms. The molecule has 0 spiro atoms. The summed E-state index contributed by atoms with van der Waals surface area (Å²) in [4.78, 5) is 0. The molecule has 2 heteroatoms. The van der Waals surface area contributed by atoms with Gasteiger partial charge in [-0.3, -0.25) is 0 Å². The van der Waals surface area contributed by atoms with Crippen molar-refractivity contribution in [2.45, 2.75) is 13.0 Å². The molecule has 0 aliphatic heterocycles. The van der Waals surface area contributed by atoms with Crippen LogP contribution in [-0.2, 0) is 4.74 Å². The highest BCUT2D eigenvalue weighted by atomic mass is 16.5. The lowest BCUT2D eigenvalue weighted by atomic mass is 10.0. The van der Waals surface area contributed by atoms with Crippen molar-refractivity contribution in [3.05, 3.63) is 48.0 Å². The molecule has 0 heterocycles. The van der Waals surface area contributed by atoms with Crippen LogP contribution >= 0.6 is 0 Å². The van der Waals surface area contributed by atoms with Crippen LogP contribution in [0.15, 0.2) is 42.5 Å². The maximum atomic E-state index is 5.76. The average Bonchev–Trinajstić information content (AvgIpc) is 2.35. The van der Waals surface area contributed by atoms with E-state index in [2.05, 4.69) is 30.3 Å². The van der Waals surface area contributed by atoms with Crippen molar-refractivity contribution in [2.24, 2.45) is 5.73 Å². The molecular formula is C14H17NO. The van der Waals surface area contributed by atoms with Gasteiger partial charge in [0.2, 0.25) is 0 Å². The van der Waals surface area contributed by atoms with E-state index in [0.717, 1.165) is 0 Å². The Hall–Kier alpha value is -1.38. The van der Waals surface area contributed by atoms with E-state index >= 15 is 0 Å². The highest BCUT2D eigenvalue weighted by molar-refractivity contribution is 5.86. The van der Waals surface area contributed by atoms with Gasteiger partial charge in [-0.25, -0.2) is 0 Å². The van der Waals surface area contributed by atoms with E-state index in [9.17, 15) is 0 Å². The molecule has 2 aromatic rings. The summed E-state index contributed by atoms with van der Waals surface area (Å²) in [6.45, 7) is 3.20. The zero-order valence-electron chi connectivity index (χ0n) is 9.52. The molecule has 0 radical (unpaired) electrons. The van der Waals surface area contributed by atoms with Crippen LogP contribution < -0.4 is 5.73 Å². The van der Waals surface area contributed by atoms with Gasteiger partial charge in [0.1, 0.15) is 0 Å². The summed E-state index contributed by atoms with van der Waals surface area (Å²) >= 11 is 0. The largest absolute Gasteiger partial charge is 0.372 e. The Morgan fingerprint density at radius 3 is 2.62 bits per heavy atom. The molecule has 1 atom stereocenters. The van der Waals surface area contributed by atoms with Gasteiger partial charge in [0.15, 0.2) is 0 Å². The Morgan fingerprint density at radius 1 is 1.12 bits per heavy atom. The van der Waals surface area contributed by atoms with E-state index in [-0.39, 0.29) is 6.10 Å². The maximum Gasteiger partial charge on any atom is 0.0952 e. The molecule has 2 rings (SSSR count). The molecular weight excluding hydrogens is 198 g/mol. The monoisotopic (exact) mass is 215 g/mol. The van der Waals surface area contributed by atoms with E-state index in [0.29, 0.717) is 13.2 Å². The zero-order chi connectivity index (χ0) is 11.4. The van der Waals surface area contributed by atoms with Crippen LogP contribution in [0.1, 0.15) is 18.6 Å². The van der Waals surface area contributed by atoms with Gasteiger partial charge in [0, 0.05) is 13.2 Å². The van der Waals surface area contributed by atoms with Gasteiger partial charge < -0.3 is 10.5 Å². The molecule has 16 heavy (non-hydrogen) atoms. The Morgan fingerprint density at radius 2 is 1.88 bits per heavy atom. The SMILES string of the molecule is CCOC(CN)c1cccc2ccccc12. The second-order valence-electron chi connectivity index (χ2n) is 3.75. The average molecular weight is 215 g/mol. The minimum Gasteiger partial charge on any atom is -0.372 e.